The monoisotopic (exact) mass is 386 g/mol. The number of rotatable bonds is 3. The summed E-state index contributed by atoms with van der Waals surface area (Å²) in [5, 5.41) is 0. The van der Waals surface area contributed by atoms with Crippen molar-refractivity contribution in [1.82, 2.24) is 9.55 Å². The first kappa shape index (κ1) is 13.0. The van der Waals surface area contributed by atoms with Gasteiger partial charge in [0.1, 0.15) is 17.3 Å². The first-order chi connectivity index (χ1) is 9.17. The number of furan rings is 1. The van der Waals surface area contributed by atoms with Crippen LogP contribution < -0.4 is 0 Å². The zero-order valence-electron chi connectivity index (χ0n) is 10.4. The highest BCUT2D eigenvalue weighted by Gasteiger charge is 2.12. The maximum absolute atomic E-state index is 6.00. The van der Waals surface area contributed by atoms with E-state index in [1.807, 2.05) is 19.1 Å². The van der Waals surface area contributed by atoms with Gasteiger partial charge in [0.25, 0.3) is 0 Å². The molecule has 5 heteroatoms. The Bertz CT molecular complexity index is 732. The van der Waals surface area contributed by atoms with E-state index >= 15 is 0 Å². The predicted octanol–water partition coefficient (Wildman–Crippen LogP) is 4.33. The molecule has 0 N–H and O–H groups in total. The van der Waals surface area contributed by atoms with Crippen molar-refractivity contribution in [3.8, 4) is 0 Å². The molecule has 0 saturated heterocycles. The lowest BCUT2D eigenvalue weighted by atomic mass is 10.3. The number of imidazole rings is 1. The number of aromatic nitrogens is 2. The van der Waals surface area contributed by atoms with Gasteiger partial charge in [0.15, 0.2) is 0 Å². The molecule has 3 aromatic rings. The van der Waals surface area contributed by atoms with Gasteiger partial charge in [0.2, 0.25) is 0 Å². The van der Waals surface area contributed by atoms with E-state index in [-0.39, 0.29) is 0 Å². The van der Waals surface area contributed by atoms with Gasteiger partial charge >= 0.3 is 0 Å². The van der Waals surface area contributed by atoms with Gasteiger partial charge in [-0.3, -0.25) is 0 Å². The molecule has 0 aliphatic rings. The lowest BCUT2D eigenvalue weighted by Gasteiger charge is -2.05. The second-order valence-electron chi connectivity index (χ2n) is 4.39. The average Bonchev–Trinajstić information content (AvgIpc) is 2.94. The van der Waals surface area contributed by atoms with Crippen molar-refractivity contribution in [2.24, 2.45) is 0 Å². The molecule has 98 valence electrons. The number of hydrogen-bond donors (Lipinski definition) is 0. The molecular formula is C14H12ClIN2O. The lowest BCUT2D eigenvalue weighted by Crippen LogP contribution is -2.02. The Morgan fingerprint density at radius 1 is 1.32 bits per heavy atom. The van der Waals surface area contributed by atoms with Gasteiger partial charge in [-0.15, -0.1) is 11.6 Å². The lowest BCUT2D eigenvalue weighted by molar-refractivity contribution is 0.470. The molecule has 2 heterocycles. The van der Waals surface area contributed by atoms with Crippen LogP contribution in [-0.2, 0) is 12.4 Å². The summed E-state index contributed by atoms with van der Waals surface area (Å²) in [4.78, 5) is 4.58. The van der Waals surface area contributed by atoms with Crippen LogP contribution in [0.2, 0.25) is 0 Å². The topological polar surface area (TPSA) is 31.0 Å². The van der Waals surface area contributed by atoms with Crippen LogP contribution in [0.1, 0.15) is 17.3 Å². The van der Waals surface area contributed by atoms with Gasteiger partial charge in [-0.05, 0) is 59.8 Å². The van der Waals surface area contributed by atoms with Gasteiger partial charge in [-0.25, -0.2) is 4.98 Å². The smallest absolute Gasteiger partial charge is 0.125 e. The van der Waals surface area contributed by atoms with Crippen LogP contribution in [0.5, 0.6) is 0 Å². The van der Waals surface area contributed by atoms with E-state index in [9.17, 15) is 0 Å². The molecule has 3 nitrogen and oxygen atoms in total. The van der Waals surface area contributed by atoms with Gasteiger partial charge in [-0.1, -0.05) is 0 Å². The number of alkyl halides is 1. The molecule has 0 aliphatic heterocycles. The fourth-order valence-electron chi connectivity index (χ4n) is 2.16. The molecule has 0 bridgehead atoms. The van der Waals surface area contributed by atoms with Crippen LogP contribution in [0.25, 0.3) is 11.0 Å². The summed E-state index contributed by atoms with van der Waals surface area (Å²) in [5.41, 5.74) is 2.07. The third kappa shape index (κ3) is 2.51. The number of nitrogens with zero attached hydrogens (tertiary/aromatic N) is 2. The van der Waals surface area contributed by atoms with Gasteiger partial charge in [-0.2, -0.15) is 0 Å². The number of hydrogen-bond acceptors (Lipinski definition) is 2. The molecule has 2 aromatic heterocycles. The van der Waals surface area contributed by atoms with E-state index in [4.69, 9.17) is 16.0 Å². The molecule has 3 rings (SSSR count). The van der Waals surface area contributed by atoms with Crippen LogP contribution in [0.15, 0.2) is 34.7 Å². The largest absolute Gasteiger partial charge is 0.464 e. The molecule has 0 spiro atoms. The fraction of sp³-hybridized carbons (Fsp3) is 0.214. The Hall–Kier alpha value is -1.01. The zero-order chi connectivity index (χ0) is 13.4. The average molecular weight is 387 g/mol. The Labute approximate surface area is 129 Å². The van der Waals surface area contributed by atoms with Crippen LogP contribution in [0.4, 0.5) is 0 Å². The van der Waals surface area contributed by atoms with Crippen molar-refractivity contribution in [1.29, 1.82) is 0 Å². The number of benzene rings is 1. The van der Waals surface area contributed by atoms with Crippen LogP contribution >= 0.6 is 34.2 Å². The Morgan fingerprint density at radius 3 is 2.84 bits per heavy atom. The first-order valence-electron chi connectivity index (χ1n) is 5.93. The van der Waals surface area contributed by atoms with Gasteiger partial charge < -0.3 is 8.98 Å². The van der Waals surface area contributed by atoms with E-state index < -0.39 is 0 Å². The molecular weight excluding hydrogens is 375 g/mol. The van der Waals surface area contributed by atoms with E-state index in [2.05, 4.69) is 50.3 Å². The van der Waals surface area contributed by atoms with Crippen molar-refractivity contribution < 1.29 is 4.42 Å². The SMILES string of the molecule is Cc1ccc(Cn2c(CCl)nc3cc(I)ccc32)o1. The molecule has 0 atom stereocenters. The van der Waals surface area contributed by atoms with E-state index in [1.165, 1.54) is 3.57 Å². The number of aryl methyl sites for hydroxylation is 1. The van der Waals surface area contributed by atoms with Crippen LogP contribution in [-0.4, -0.2) is 9.55 Å². The number of halogens is 2. The third-order valence-corrected chi connectivity index (χ3v) is 3.93. The minimum atomic E-state index is 0.394. The Morgan fingerprint density at radius 2 is 2.16 bits per heavy atom. The van der Waals surface area contributed by atoms with Crippen molar-refractivity contribution >= 4 is 45.2 Å². The molecule has 0 aliphatic carbocycles. The van der Waals surface area contributed by atoms with Crippen molar-refractivity contribution in [2.75, 3.05) is 0 Å². The summed E-state index contributed by atoms with van der Waals surface area (Å²) < 4.78 is 8.91. The summed E-state index contributed by atoms with van der Waals surface area (Å²) >= 11 is 8.29. The van der Waals surface area contributed by atoms with Gasteiger partial charge in [0.05, 0.1) is 23.5 Å². The summed E-state index contributed by atoms with van der Waals surface area (Å²) in [6.45, 7) is 2.60. The van der Waals surface area contributed by atoms with E-state index in [0.717, 1.165) is 28.4 Å². The highest BCUT2D eigenvalue weighted by Crippen LogP contribution is 2.22. The zero-order valence-corrected chi connectivity index (χ0v) is 13.3. The minimum Gasteiger partial charge on any atom is -0.464 e. The normalized spacial score (nSPS) is 11.3. The van der Waals surface area contributed by atoms with Crippen LogP contribution in [0, 0.1) is 10.5 Å². The molecule has 0 amide bonds. The minimum absolute atomic E-state index is 0.394. The standard InChI is InChI=1S/C14H12ClIN2O/c1-9-2-4-11(19-9)8-18-13-5-3-10(16)6-12(13)17-14(18)7-15/h2-6H,7-8H2,1H3. The second kappa shape index (κ2) is 5.17. The van der Waals surface area contributed by atoms with Crippen molar-refractivity contribution in [2.45, 2.75) is 19.3 Å². The van der Waals surface area contributed by atoms with E-state index in [1.54, 1.807) is 0 Å². The number of fused-ring (bicyclic) bond motifs is 1. The Balaban J connectivity index is 2.10. The third-order valence-electron chi connectivity index (χ3n) is 3.02. The van der Waals surface area contributed by atoms with Gasteiger partial charge in [0, 0.05) is 3.57 Å². The molecule has 1 aromatic carbocycles. The fourth-order valence-corrected chi connectivity index (χ4v) is 2.84. The molecule has 0 unspecified atom stereocenters. The molecule has 0 radical (unpaired) electrons. The van der Waals surface area contributed by atoms with E-state index in [0.29, 0.717) is 12.4 Å². The maximum atomic E-state index is 6.00. The molecule has 19 heavy (non-hydrogen) atoms. The molecule has 0 fully saturated rings. The summed E-state index contributed by atoms with van der Waals surface area (Å²) in [6.07, 6.45) is 0. The first-order valence-corrected chi connectivity index (χ1v) is 7.54. The van der Waals surface area contributed by atoms with Crippen molar-refractivity contribution in [3.05, 3.63) is 51.2 Å². The van der Waals surface area contributed by atoms with Crippen molar-refractivity contribution in [3.63, 3.8) is 0 Å². The maximum Gasteiger partial charge on any atom is 0.125 e. The summed E-state index contributed by atoms with van der Waals surface area (Å²) in [7, 11) is 0. The quantitative estimate of drug-likeness (QED) is 0.495. The van der Waals surface area contributed by atoms with Crippen LogP contribution in [0.3, 0.4) is 0 Å². The highest BCUT2D eigenvalue weighted by atomic mass is 127. The molecule has 0 saturated carbocycles. The predicted molar refractivity (Wildman–Crippen MR) is 84.6 cm³/mol. The summed E-state index contributed by atoms with van der Waals surface area (Å²) in [5.74, 6) is 3.10. The highest BCUT2D eigenvalue weighted by molar-refractivity contribution is 14.1. The Kier molecular flexibility index (Phi) is 3.54. The second-order valence-corrected chi connectivity index (χ2v) is 5.91. The summed E-state index contributed by atoms with van der Waals surface area (Å²) in [6, 6.07) is 10.2.